The Morgan fingerprint density at radius 1 is 1.11 bits per heavy atom. The molecule has 1 heterocycles. The summed E-state index contributed by atoms with van der Waals surface area (Å²) in [6.07, 6.45) is 5.40. The average Bonchev–Trinajstić information content (AvgIpc) is 3.52. The number of carbonyl (C=O) groups excluding carboxylic acids is 1. The summed E-state index contributed by atoms with van der Waals surface area (Å²) in [7, 11) is 0. The number of amides is 1. The first-order valence-corrected chi connectivity index (χ1v) is 13.4. The fourth-order valence-corrected chi connectivity index (χ4v) is 5.90. The van der Waals surface area contributed by atoms with Crippen LogP contribution in [0, 0.1) is 5.92 Å². The lowest BCUT2D eigenvalue weighted by molar-refractivity contribution is 0.0894. The molecule has 0 radical (unpaired) electrons. The highest BCUT2D eigenvalue weighted by Crippen LogP contribution is 2.47. The van der Waals surface area contributed by atoms with Crippen LogP contribution in [0.25, 0.3) is 5.69 Å². The minimum Gasteiger partial charge on any atom is -0.439 e. The van der Waals surface area contributed by atoms with E-state index in [2.05, 4.69) is 24.5 Å². The van der Waals surface area contributed by atoms with Crippen LogP contribution in [-0.4, -0.2) is 27.3 Å². The molecular weight excluding hydrogens is 519 g/mol. The molecule has 36 heavy (non-hydrogen) atoms. The van der Waals surface area contributed by atoms with E-state index < -0.39 is 0 Å². The van der Waals surface area contributed by atoms with Crippen molar-refractivity contribution in [3.8, 4) is 17.3 Å². The van der Waals surface area contributed by atoms with Crippen LogP contribution in [0.1, 0.15) is 62.0 Å². The van der Waals surface area contributed by atoms with Gasteiger partial charge >= 0.3 is 0 Å². The lowest BCUT2D eigenvalue weighted by Gasteiger charge is -2.27. The van der Waals surface area contributed by atoms with Gasteiger partial charge in [-0.3, -0.25) is 4.79 Å². The maximum atomic E-state index is 13.7. The quantitative estimate of drug-likeness (QED) is 0.313. The Morgan fingerprint density at radius 2 is 1.81 bits per heavy atom. The molecule has 3 aromatic rings. The summed E-state index contributed by atoms with van der Waals surface area (Å²) < 4.78 is 7.94. The number of halogens is 3. The number of hydrogen-bond acceptors (Lipinski definition) is 4. The summed E-state index contributed by atoms with van der Waals surface area (Å²) >= 11 is 18.8. The van der Waals surface area contributed by atoms with E-state index in [1.807, 2.05) is 0 Å². The number of nitrogens with zero attached hydrogens (tertiary/aromatic N) is 2. The largest absolute Gasteiger partial charge is 0.439 e. The van der Waals surface area contributed by atoms with E-state index in [-0.39, 0.29) is 17.5 Å². The van der Waals surface area contributed by atoms with Crippen LogP contribution in [0.2, 0.25) is 15.1 Å². The number of carbonyl (C=O) groups is 1. The number of fused-ring (bicyclic) bond motifs is 2. The average molecular weight is 548 g/mol. The summed E-state index contributed by atoms with van der Waals surface area (Å²) in [5, 5.41) is 13.0. The van der Waals surface area contributed by atoms with Crippen molar-refractivity contribution in [2.75, 3.05) is 0 Å². The maximum absolute atomic E-state index is 13.7. The Balaban J connectivity index is 1.61. The third-order valence-electron chi connectivity index (χ3n) is 7.13. The van der Waals surface area contributed by atoms with E-state index in [9.17, 15) is 4.79 Å². The highest BCUT2D eigenvalue weighted by Gasteiger charge is 2.46. The predicted molar refractivity (Wildman–Crippen MR) is 144 cm³/mol. The SMILES string of the molecule is CC(C)NCc1c(C(=O)NC23CCC(CC2)C3)nn(-c2ccc(Cl)cc2Cl)c1Oc1ccc(Cl)cc1. The fourth-order valence-electron chi connectivity index (χ4n) is 5.29. The molecule has 2 fully saturated rings. The number of ether oxygens (including phenoxy) is 1. The molecule has 2 aliphatic rings. The number of rotatable bonds is 8. The molecule has 2 bridgehead atoms. The highest BCUT2D eigenvalue weighted by atomic mass is 35.5. The number of nitrogens with one attached hydrogen (secondary N) is 2. The van der Waals surface area contributed by atoms with Gasteiger partial charge in [0.25, 0.3) is 5.91 Å². The first kappa shape index (κ1) is 25.4. The van der Waals surface area contributed by atoms with Gasteiger partial charge < -0.3 is 15.4 Å². The van der Waals surface area contributed by atoms with Crippen LogP contribution in [-0.2, 0) is 6.54 Å². The van der Waals surface area contributed by atoms with Crippen LogP contribution in [0.15, 0.2) is 42.5 Å². The molecule has 1 amide bonds. The molecule has 9 heteroatoms. The zero-order valence-electron chi connectivity index (χ0n) is 20.3. The van der Waals surface area contributed by atoms with Gasteiger partial charge in [-0.15, -0.1) is 0 Å². The van der Waals surface area contributed by atoms with Gasteiger partial charge in [-0.05, 0) is 80.5 Å². The highest BCUT2D eigenvalue weighted by molar-refractivity contribution is 6.35. The first-order valence-electron chi connectivity index (χ1n) is 12.3. The monoisotopic (exact) mass is 546 g/mol. The van der Waals surface area contributed by atoms with Crippen molar-refractivity contribution >= 4 is 40.7 Å². The van der Waals surface area contributed by atoms with E-state index >= 15 is 0 Å². The van der Waals surface area contributed by atoms with Gasteiger partial charge in [-0.1, -0.05) is 48.7 Å². The van der Waals surface area contributed by atoms with E-state index in [0.29, 0.717) is 56.1 Å². The molecular formula is C27H29Cl3N4O2. The van der Waals surface area contributed by atoms with Gasteiger partial charge in [0.05, 0.1) is 16.3 Å². The first-order chi connectivity index (χ1) is 17.2. The Labute approximate surface area is 226 Å². The second-order valence-corrected chi connectivity index (χ2v) is 11.4. The van der Waals surface area contributed by atoms with Crippen molar-refractivity contribution in [2.24, 2.45) is 5.92 Å². The summed E-state index contributed by atoms with van der Waals surface area (Å²) in [4.78, 5) is 13.7. The molecule has 2 N–H and O–H groups in total. The predicted octanol–water partition coefficient (Wildman–Crippen LogP) is 7.19. The molecule has 0 aliphatic heterocycles. The van der Waals surface area contributed by atoms with Crippen molar-refractivity contribution in [1.82, 2.24) is 20.4 Å². The van der Waals surface area contributed by atoms with Crippen molar-refractivity contribution in [3.63, 3.8) is 0 Å². The summed E-state index contributed by atoms with van der Waals surface area (Å²) in [5.41, 5.74) is 1.41. The molecule has 0 atom stereocenters. The molecule has 6 nitrogen and oxygen atoms in total. The van der Waals surface area contributed by atoms with Crippen LogP contribution < -0.4 is 15.4 Å². The summed E-state index contributed by atoms with van der Waals surface area (Å²) in [5.74, 6) is 1.49. The van der Waals surface area contributed by atoms with Gasteiger partial charge in [0.2, 0.25) is 5.88 Å². The molecule has 2 aromatic carbocycles. The maximum Gasteiger partial charge on any atom is 0.272 e. The lowest BCUT2D eigenvalue weighted by Crippen LogP contribution is -2.45. The third-order valence-corrected chi connectivity index (χ3v) is 7.91. The zero-order chi connectivity index (χ0) is 25.4. The molecule has 1 aromatic heterocycles. The van der Waals surface area contributed by atoms with Crippen molar-refractivity contribution < 1.29 is 9.53 Å². The molecule has 190 valence electrons. The van der Waals surface area contributed by atoms with Crippen molar-refractivity contribution in [1.29, 1.82) is 0 Å². The molecule has 0 spiro atoms. The third kappa shape index (κ3) is 5.23. The molecule has 2 saturated carbocycles. The zero-order valence-corrected chi connectivity index (χ0v) is 22.6. The fraction of sp³-hybridized carbons (Fsp3) is 0.407. The number of aromatic nitrogens is 2. The topological polar surface area (TPSA) is 68.2 Å². The lowest BCUT2D eigenvalue weighted by atomic mass is 9.93. The van der Waals surface area contributed by atoms with E-state index in [1.165, 1.54) is 12.8 Å². The minimum atomic E-state index is -0.192. The molecule has 5 rings (SSSR count). The molecule has 0 saturated heterocycles. The van der Waals surface area contributed by atoms with E-state index in [1.54, 1.807) is 47.1 Å². The number of benzene rings is 2. The van der Waals surface area contributed by atoms with Crippen LogP contribution in [0.5, 0.6) is 11.6 Å². The molecule has 2 aliphatic carbocycles. The smallest absolute Gasteiger partial charge is 0.272 e. The normalized spacial score (nSPS) is 20.8. The Morgan fingerprint density at radius 3 is 2.42 bits per heavy atom. The second kappa shape index (κ2) is 10.3. The van der Waals surface area contributed by atoms with Crippen LogP contribution >= 0.6 is 34.8 Å². The van der Waals surface area contributed by atoms with E-state index in [0.717, 1.165) is 19.3 Å². The van der Waals surface area contributed by atoms with E-state index in [4.69, 9.17) is 44.6 Å². The summed E-state index contributed by atoms with van der Waals surface area (Å²) in [6.45, 7) is 4.50. The van der Waals surface area contributed by atoms with Crippen molar-refractivity contribution in [2.45, 2.75) is 64.1 Å². The van der Waals surface area contributed by atoms with Gasteiger partial charge in [-0.25, -0.2) is 0 Å². The van der Waals surface area contributed by atoms with Gasteiger partial charge in [0.15, 0.2) is 5.69 Å². The van der Waals surface area contributed by atoms with Crippen LogP contribution in [0.3, 0.4) is 0 Å². The van der Waals surface area contributed by atoms with Gasteiger partial charge in [0.1, 0.15) is 5.75 Å². The summed E-state index contributed by atoms with van der Waals surface area (Å²) in [6, 6.07) is 12.4. The minimum absolute atomic E-state index is 0.136. The van der Waals surface area contributed by atoms with Gasteiger partial charge in [-0.2, -0.15) is 9.78 Å². The second-order valence-electron chi connectivity index (χ2n) is 10.1. The Kier molecular flexibility index (Phi) is 7.23. The van der Waals surface area contributed by atoms with Gasteiger partial charge in [0, 0.05) is 28.2 Å². The number of hydrogen-bond donors (Lipinski definition) is 2. The Hall–Kier alpha value is -2.25. The van der Waals surface area contributed by atoms with Crippen LogP contribution in [0.4, 0.5) is 0 Å². The van der Waals surface area contributed by atoms with Crippen molar-refractivity contribution in [3.05, 3.63) is 68.8 Å². The molecule has 0 unspecified atom stereocenters. The Bertz CT molecular complexity index is 1260. The standard InChI is InChI=1S/C27H29Cl3N4O2/c1-16(2)31-15-21-24(25(35)32-27-11-9-17(14-27)10-12-27)33-34(23-8-5-19(29)13-22(23)30)26(21)36-20-6-3-18(28)4-7-20/h3-8,13,16-17,31H,9-12,14-15H2,1-2H3,(H,32,35).